The number of rotatable bonds is 0. The Bertz CT molecular complexity index is 434. The van der Waals surface area contributed by atoms with Gasteiger partial charge in [0, 0.05) is 11.9 Å². The predicted octanol–water partition coefficient (Wildman–Crippen LogP) is 2.51. The SMILES string of the molecule is CC.Cc1ccn2nc(C)c(F)c2n1. The van der Waals surface area contributed by atoms with Gasteiger partial charge in [-0.15, -0.1) is 0 Å². The lowest BCUT2D eigenvalue weighted by molar-refractivity contribution is 0.626. The Morgan fingerprint density at radius 1 is 1.29 bits per heavy atom. The van der Waals surface area contributed by atoms with Crippen LogP contribution in [-0.4, -0.2) is 14.6 Å². The second-order valence-electron chi connectivity index (χ2n) is 2.74. The van der Waals surface area contributed by atoms with Crippen LogP contribution >= 0.6 is 0 Å². The minimum atomic E-state index is -0.335. The highest BCUT2D eigenvalue weighted by molar-refractivity contribution is 5.41. The second-order valence-corrected chi connectivity index (χ2v) is 2.74. The molecule has 14 heavy (non-hydrogen) atoms. The first kappa shape index (κ1) is 10.6. The first-order valence-corrected chi connectivity index (χ1v) is 4.66. The standard InChI is InChI=1S/C8H8FN3.C2H6/c1-5-3-4-12-8(10-5)7(9)6(2)11-12;1-2/h3-4H,1-2H3;1-2H3. The summed E-state index contributed by atoms with van der Waals surface area (Å²) >= 11 is 0. The molecule has 0 saturated heterocycles. The average molecular weight is 195 g/mol. The van der Waals surface area contributed by atoms with Crippen LogP contribution in [0, 0.1) is 19.7 Å². The third-order valence-corrected chi connectivity index (χ3v) is 1.73. The smallest absolute Gasteiger partial charge is 0.191 e. The Morgan fingerprint density at radius 3 is 2.57 bits per heavy atom. The Kier molecular flexibility index (Phi) is 3.17. The summed E-state index contributed by atoms with van der Waals surface area (Å²) in [4.78, 5) is 4.02. The van der Waals surface area contributed by atoms with Crippen molar-refractivity contribution in [1.29, 1.82) is 0 Å². The van der Waals surface area contributed by atoms with Gasteiger partial charge in [0.25, 0.3) is 0 Å². The van der Waals surface area contributed by atoms with Gasteiger partial charge in [0.1, 0.15) is 0 Å². The number of aryl methyl sites for hydroxylation is 2. The number of nitrogens with zero attached hydrogens (tertiary/aromatic N) is 3. The van der Waals surface area contributed by atoms with E-state index in [0.29, 0.717) is 11.3 Å². The van der Waals surface area contributed by atoms with Gasteiger partial charge < -0.3 is 0 Å². The van der Waals surface area contributed by atoms with E-state index >= 15 is 0 Å². The third kappa shape index (κ3) is 1.73. The maximum absolute atomic E-state index is 13.2. The summed E-state index contributed by atoms with van der Waals surface area (Å²) in [7, 11) is 0. The van der Waals surface area contributed by atoms with E-state index < -0.39 is 0 Å². The van der Waals surface area contributed by atoms with Crippen LogP contribution in [0.4, 0.5) is 4.39 Å². The van der Waals surface area contributed by atoms with Crippen molar-refractivity contribution in [1.82, 2.24) is 14.6 Å². The van der Waals surface area contributed by atoms with Gasteiger partial charge >= 0.3 is 0 Å². The molecule has 2 rings (SSSR count). The van der Waals surface area contributed by atoms with E-state index in [2.05, 4.69) is 10.1 Å². The van der Waals surface area contributed by atoms with Gasteiger partial charge in [-0.25, -0.2) is 13.9 Å². The third-order valence-electron chi connectivity index (χ3n) is 1.73. The van der Waals surface area contributed by atoms with Crippen molar-refractivity contribution in [3.63, 3.8) is 0 Å². The summed E-state index contributed by atoms with van der Waals surface area (Å²) in [6, 6.07) is 1.79. The normalized spacial score (nSPS) is 9.79. The molecule has 0 aliphatic rings. The second kappa shape index (κ2) is 4.17. The van der Waals surface area contributed by atoms with Gasteiger partial charge in [-0.05, 0) is 19.9 Å². The summed E-state index contributed by atoms with van der Waals surface area (Å²) in [6.45, 7) is 7.45. The van der Waals surface area contributed by atoms with Crippen LogP contribution in [0.5, 0.6) is 0 Å². The fraction of sp³-hybridized carbons (Fsp3) is 0.400. The van der Waals surface area contributed by atoms with Crippen molar-refractivity contribution in [2.45, 2.75) is 27.7 Å². The van der Waals surface area contributed by atoms with Gasteiger partial charge in [-0.1, -0.05) is 13.8 Å². The van der Waals surface area contributed by atoms with Crippen LogP contribution in [0.2, 0.25) is 0 Å². The molecule has 0 bridgehead atoms. The van der Waals surface area contributed by atoms with Crippen LogP contribution in [0.1, 0.15) is 25.2 Å². The first-order chi connectivity index (χ1) is 6.68. The Hall–Kier alpha value is -1.45. The molecular formula is C10H14FN3. The molecule has 0 fully saturated rings. The van der Waals surface area contributed by atoms with Crippen molar-refractivity contribution in [3.05, 3.63) is 29.5 Å². The van der Waals surface area contributed by atoms with Gasteiger partial charge in [-0.2, -0.15) is 5.10 Å². The molecule has 2 heterocycles. The molecule has 0 spiro atoms. The van der Waals surface area contributed by atoms with Crippen molar-refractivity contribution in [2.75, 3.05) is 0 Å². The van der Waals surface area contributed by atoms with Gasteiger partial charge in [-0.3, -0.25) is 0 Å². The Balaban J connectivity index is 0.000000461. The minimum absolute atomic E-state index is 0.299. The summed E-state index contributed by atoms with van der Waals surface area (Å²) in [5, 5.41) is 3.93. The largest absolute Gasteiger partial charge is 0.231 e. The van der Waals surface area contributed by atoms with Crippen molar-refractivity contribution < 1.29 is 4.39 Å². The van der Waals surface area contributed by atoms with E-state index in [1.165, 1.54) is 4.52 Å². The maximum atomic E-state index is 13.2. The first-order valence-electron chi connectivity index (χ1n) is 4.66. The molecule has 4 heteroatoms. The lowest BCUT2D eigenvalue weighted by Crippen LogP contribution is -1.91. The molecule has 0 aliphatic heterocycles. The average Bonchev–Trinajstić information content (AvgIpc) is 2.48. The molecule has 0 aliphatic carbocycles. The fourth-order valence-corrected chi connectivity index (χ4v) is 1.10. The molecule has 76 valence electrons. The Morgan fingerprint density at radius 2 is 1.93 bits per heavy atom. The molecule has 0 aromatic carbocycles. The lowest BCUT2D eigenvalue weighted by Gasteiger charge is -1.92. The van der Waals surface area contributed by atoms with Crippen LogP contribution in [0.15, 0.2) is 12.3 Å². The van der Waals surface area contributed by atoms with Crippen LogP contribution in [0.25, 0.3) is 5.65 Å². The minimum Gasteiger partial charge on any atom is -0.231 e. The molecule has 0 saturated carbocycles. The molecule has 0 radical (unpaired) electrons. The van der Waals surface area contributed by atoms with E-state index in [-0.39, 0.29) is 5.82 Å². The molecular weight excluding hydrogens is 181 g/mol. The van der Waals surface area contributed by atoms with Crippen LogP contribution < -0.4 is 0 Å². The highest BCUT2D eigenvalue weighted by atomic mass is 19.1. The molecule has 3 nitrogen and oxygen atoms in total. The molecule has 0 amide bonds. The summed E-state index contributed by atoms with van der Waals surface area (Å²) in [5.74, 6) is -0.335. The topological polar surface area (TPSA) is 30.2 Å². The zero-order valence-electron chi connectivity index (χ0n) is 8.87. The maximum Gasteiger partial charge on any atom is 0.191 e. The van der Waals surface area contributed by atoms with Gasteiger partial charge in [0.2, 0.25) is 0 Å². The van der Waals surface area contributed by atoms with E-state index in [0.717, 1.165) is 5.69 Å². The lowest BCUT2D eigenvalue weighted by atomic mass is 10.4. The van der Waals surface area contributed by atoms with Crippen molar-refractivity contribution in [3.8, 4) is 0 Å². The van der Waals surface area contributed by atoms with Gasteiger partial charge in [0.15, 0.2) is 11.5 Å². The van der Waals surface area contributed by atoms with Crippen molar-refractivity contribution >= 4 is 5.65 Å². The zero-order chi connectivity index (χ0) is 10.7. The number of aromatic nitrogens is 3. The van der Waals surface area contributed by atoms with E-state index in [9.17, 15) is 4.39 Å². The number of halogens is 1. The molecule has 2 aromatic rings. The number of hydrogen-bond acceptors (Lipinski definition) is 2. The van der Waals surface area contributed by atoms with E-state index in [4.69, 9.17) is 0 Å². The molecule has 0 unspecified atom stereocenters. The fourth-order valence-electron chi connectivity index (χ4n) is 1.10. The highest BCUT2D eigenvalue weighted by Crippen LogP contribution is 2.10. The zero-order valence-corrected chi connectivity index (χ0v) is 8.87. The highest BCUT2D eigenvalue weighted by Gasteiger charge is 2.08. The summed E-state index contributed by atoms with van der Waals surface area (Å²) < 4.78 is 14.6. The van der Waals surface area contributed by atoms with Crippen molar-refractivity contribution in [2.24, 2.45) is 0 Å². The van der Waals surface area contributed by atoms with E-state index in [1.54, 1.807) is 19.2 Å². The number of fused-ring (bicyclic) bond motifs is 1. The molecule has 0 N–H and O–H groups in total. The van der Waals surface area contributed by atoms with E-state index in [1.807, 2.05) is 20.8 Å². The quantitative estimate of drug-likeness (QED) is 0.646. The van der Waals surface area contributed by atoms with Crippen LogP contribution in [-0.2, 0) is 0 Å². The Labute approximate surface area is 82.6 Å². The monoisotopic (exact) mass is 195 g/mol. The predicted molar refractivity (Wildman–Crippen MR) is 53.8 cm³/mol. The molecule has 2 aromatic heterocycles. The molecule has 0 atom stereocenters. The summed E-state index contributed by atoms with van der Waals surface area (Å²) in [5.41, 5.74) is 1.47. The van der Waals surface area contributed by atoms with Gasteiger partial charge in [0.05, 0.1) is 5.69 Å². The van der Waals surface area contributed by atoms with Crippen LogP contribution in [0.3, 0.4) is 0 Å². The number of hydrogen-bond donors (Lipinski definition) is 0. The summed E-state index contributed by atoms with van der Waals surface area (Å²) in [6.07, 6.45) is 1.70.